The Morgan fingerprint density at radius 2 is 1.77 bits per heavy atom. The average Bonchev–Trinajstić information content (AvgIpc) is 3.08. The molecule has 0 heterocycles. The lowest BCUT2D eigenvalue weighted by molar-refractivity contribution is -0.213. The molecular formula is C26H45NO7S. The van der Waals surface area contributed by atoms with Crippen molar-refractivity contribution in [1.29, 1.82) is 0 Å². The van der Waals surface area contributed by atoms with Gasteiger partial charge in [-0.2, -0.15) is 8.42 Å². The Morgan fingerprint density at radius 3 is 2.46 bits per heavy atom. The maximum atomic E-state index is 12.2. The van der Waals surface area contributed by atoms with Crippen LogP contribution in [0.15, 0.2) is 0 Å². The molecule has 0 aromatic carbocycles. The molecule has 11 atom stereocenters. The second-order valence-electron chi connectivity index (χ2n) is 12.8. The van der Waals surface area contributed by atoms with Crippen molar-refractivity contribution in [3.63, 3.8) is 0 Å². The zero-order valence-electron chi connectivity index (χ0n) is 21.4. The fraction of sp³-hybridized carbons (Fsp3) is 0.962. The van der Waals surface area contributed by atoms with E-state index in [1.54, 1.807) is 0 Å². The third kappa shape index (κ3) is 5.17. The van der Waals surface area contributed by atoms with E-state index in [9.17, 15) is 28.5 Å². The largest absolute Gasteiger partial charge is 0.393 e. The van der Waals surface area contributed by atoms with Crippen LogP contribution in [0.2, 0.25) is 0 Å². The predicted octanol–water partition coefficient (Wildman–Crippen LogP) is 2.37. The summed E-state index contributed by atoms with van der Waals surface area (Å²) in [7, 11) is -4.09. The minimum atomic E-state index is -4.09. The molecule has 0 aromatic rings. The Bertz CT molecular complexity index is 896. The molecule has 0 spiro atoms. The van der Waals surface area contributed by atoms with Gasteiger partial charge in [0.15, 0.2) is 0 Å². The molecule has 0 saturated heterocycles. The molecule has 4 aliphatic rings. The normalized spacial score (nSPS) is 46.3. The van der Waals surface area contributed by atoms with E-state index in [1.165, 1.54) is 0 Å². The fourth-order valence-electron chi connectivity index (χ4n) is 9.25. The third-order valence-electron chi connectivity index (χ3n) is 10.9. The lowest BCUT2D eigenvalue weighted by atomic mass is 9.43. The van der Waals surface area contributed by atoms with Crippen molar-refractivity contribution in [3.8, 4) is 0 Å². The number of carbonyl (C=O) groups excluding carboxylic acids is 1. The molecule has 35 heavy (non-hydrogen) atoms. The highest BCUT2D eigenvalue weighted by molar-refractivity contribution is 7.85. The zero-order chi connectivity index (χ0) is 25.8. The number of hydrogen-bond donors (Lipinski definition) is 5. The second-order valence-corrected chi connectivity index (χ2v) is 14.3. The maximum absolute atomic E-state index is 12.2. The van der Waals surface area contributed by atoms with Gasteiger partial charge in [0, 0.05) is 13.0 Å². The van der Waals surface area contributed by atoms with Gasteiger partial charge in [0.25, 0.3) is 10.1 Å². The molecule has 5 N–H and O–H groups in total. The van der Waals surface area contributed by atoms with E-state index < -0.39 is 28.1 Å². The highest BCUT2D eigenvalue weighted by Crippen LogP contribution is 2.68. The van der Waals surface area contributed by atoms with Gasteiger partial charge in [-0.3, -0.25) is 9.35 Å². The summed E-state index contributed by atoms with van der Waals surface area (Å²) >= 11 is 0. The van der Waals surface area contributed by atoms with Crippen molar-refractivity contribution in [2.45, 2.75) is 96.9 Å². The van der Waals surface area contributed by atoms with Gasteiger partial charge < -0.3 is 20.6 Å². The van der Waals surface area contributed by atoms with Crippen molar-refractivity contribution >= 4 is 16.0 Å². The van der Waals surface area contributed by atoms with Gasteiger partial charge in [0.2, 0.25) is 5.91 Å². The van der Waals surface area contributed by atoms with Crippen LogP contribution in [0.5, 0.6) is 0 Å². The van der Waals surface area contributed by atoms with Gasteiger partial charge in [0.05, 0.1) is 24.1 Å². The van der Waals surface area contributed by atoms with E-state index in [0.29, 0.717) is 37.5 Å². The Morgan fingerprint density at radius 1 is 1.06 bits per heavy atom. The smallest absolute Gasteiger partial charge is 0.266 e. The Labute approximate surface area is 210 Å². The van der Waals surface area contributed by atoms with Gasteiger partial charge in [-0.1, -0.05) is 20.8 Å². The monoisotopic (exact) mass is 515 g/mol. The van der Waals surface area contributed by atoms with Crippen molar-refractivity contribution in [3.05, 3.63) is 0 Å². The molecule has 8 nitrogen and oxygen atoms in total. The molecule has 4 fully saturated rings. The number of aliphatic hydroxyl groups is 3. The van der Waals surface area contributed by atoms with Gasteiger partial charge in [-0.05, 0) is 97.7 Å². The van der Waals surface area contributed by atoms with E-state index in [2.05, 4.69) is 26.1 Å². The van der Waals surface area contributed by atoms with Crippen LogP contribution in [0.25, 0.3) is 0 Å². The van der Waals surface area contributed by atoms with Crippen molar-refractivity contribution in [2.75, 3.05) is 12.3 Å². The van der Waals surface area contributed by atoms with E-state index in [1.807, 2.05) is 0 Å². The molecule has 0 aliphatic heterocycles. The molecule has 9 heteroatoms. The Kier molecular flexibility index (Phi) is 7.69. The average molecular weight is 516 g/mol. The van der Waals surface area contributed by atoms with Crippen LogP contribution in [0.4, 0.5) is 0 Å². The van der Waals surface area contributed by atoms with Crippen molar-refractivity contribution in [2.24, 2.45) is 46.3 Å². The van der Waals surface area contributed by atoms with Crippen LogP contribution in [-0.2, 0) is 14.9 Å². The van der Waals surface area contributed by atoms with E-state index >= 15 is 0 Å². The van der Waals surface area contributed by atoms with Crippen LogP contribution < -0.4 is 5.32 Å². The van der Waals surface area contributed by atoms with Gasteiger partial charge in [-0.25, -0.2) is 0 Å². The summed E-state index contributed by atoms with van der Waals surface area (Å²) in [5.74, 6) is 0.618. The first-order chi connectivity index (χ1) is 16.3. The van der Waals surface area contributed by atoms with Crippen LogP contribution in [0.1, 0.15) is 78.6 Å². The number of amides is 1. The van der Waals surface area contributed by atoms with Crippen LogP contribution in [0.3, 0.4) is 0 Å². The van der Waals surface area contributed by atoms with Gasteiger partial charge in [0.1, 0.15) is 0 Å². The topological polar surface area (TPSA) is 144 Å². The Hall–Kier alpha value is -0.740. The summed E-state index contributed by atoms with van der Waals surface area (Å²) in [4.78, 5) is 12.2. The molecule has 0 unspecified atom stereocenters. The SMILES string of the molecule is C[C@H](CCC(=O)NCCS(=O)(=O)O)[C@H]1CC[C@H]2[C@H]3[C@H]([C@H](O)C[C@]12C)[C@@]1(C)CC[C@@H](O)C[C@H]1C[C@H]3O. The Balaban J connectivity index is 1.43. The number of nitrogens with one attached hydrogen (secondary N) is 1. The third-order valence-corrected chi connectivity index (χ3v) is 11.6. The zero-order valence-corrected chi connectivity index (χ0v) is 22.2. The first kappa shape index (κ1) is 27.3. The molecule has 0 radical (unpaired) electrons. The standard InChI is InChI=1S/C26H45NO7S/c1-15(4-7-22(31)27-10-11-35(32,33)34)18-5-6-19-23-20(29)13-16-12-17(28)8-9-25(16,2)24(23)21(30)14-26(18,19)3/h15-21,23-24,28-30H,4-14H2,1-3H3,(H,27,31)(H,32,33,34)/t15-,16+,17-,18-,19+,20-,21-,23-,24+,25+,26-/m1/s1. The van der Waals surface area contributed by atoms with E-state index in [4.69, 9.17) is 4.55 Å². The summed E-state index contributed by atoms with van der Waals surface area (Å²) in [5, 5.41) is 35.8. The summed E-state index contributed by atoms with van der Waals surface area (Å²) in [6, 6.07) is 0. The summed E-state index contributed by atoms with van der Waals surface area (Å²) in [6.45, 7) is 6.64. The highest BCUT2D eigenvalue weighted by Gasteiger charge is 2.65. The molecule has 4 saturated carbocycles. The first-order valence-electron chi connectivity index (χ1n) is 13.5. The molecule has 0 bridgehead atoms. The summed E-state index contributed by atoms with van der Waals surface area (Å²) in [5.41, 5.74) is -0.145. The molecular weight excluding hydrogens is 470 g/mol. The lowest BCUT2D eigenvalue weighted by Gasteiger charge is -2.63. The van der Waals surface area contributed by atoms with E-state index in [0.717, 1.165) is 32.1 Å². The summed E-state index contributed by atoms with van der Waals surface area (Å²) < 4.78 is 30.5. The minimum absolute atomic E-state index is 0.0479. The molecule has 0 aromatic heterocycles. The highest BCUT2D eigenvalue weighted by atomic mass is 32.2. The first-order valence-corrected chi connectivity index (χ1v) is 15.1. The van der Waals surface area contributed by atoms with Gasteiger partial charge >= 0.3 is 0 Å². The molecule has 4 rings (SSSR count). The summed E-state index contributed by atoms with van der Waals surface area (Å²) in [6.07, 6.45) is 5.60. The van der Waals surface area contributed by atoms with Crippen molar-refractivity contribution < 1.29 is 33.1 Å². The molecule has 1 amide bonds. The van der Waals surface area contributed by atoms with Crippen LogP contribution in [-0.4, -0.2) is 64.8 Å². The van der Waals surface area contributed by atoms with Crippen molar-refractivity contribution in [1.82, 2.24) is 5.32 Å². The van der Waals surface area contributed by atoms with Crippen LogP contribution >= 0.6 is 0 Å². The quantitative estimate of drug-likeness (QED) is 0.327. The number of carbonyl (C=O) groups is 1. The van der Waals surface area contributed by atoms with E-state index in [-0.39, 0.29) is 53.1 Å². The molecule has 202 valence electrons. The number of hydrogen-bond acceptors (Lipinski definition) is 6. The van der Waals surface area contributed by atoms with Gasteiger partial charge in [-0.15, -0.1) is 0 Å². The lowest BCUT2D eigenvalue weighted by Crippen LogP contribution is -2.63. The number of fused-ring (bicyclic) bond motifs is 5. The number of rotatable bonds is 7. The minimum Gasteiger partial charge on any atom is -0.393 e. The fourth-order valence-corrected chi connectivity index (χ4v) is 9.61. The molecule has 4 aliphatic carbocycles. The second kappa shape index (κ2) is 9.86. The number of aliphatic hydroxyl groups excluding tert-OH is 3. The van der Waals surface area contributed by atoms with Crippen LogP contribution in [0, 0.1) is 46.3 Å². The predicted molar refractivity (Wildman–Crippen MR) is 132 cm³/mol. The maximum Gasteiger partial charge on any atom is 0.266 e.